The third-order valence-corrected chi connectivity index (χ3v) is 9.48. The Morgan fingerprint density at radius 3 is 2.58 bits per heavy atom. The summed E-state index contributed by atoms with van der Waals surface area (Å²) >= 11 is 8.89. The number of anilines is 1. The molecule has 0 radical (unpaired) electrons. The number of ether oxygens (including phenoxy) is 2. The maximum absolute atomic E-state index is 13.7. The molecule has 1 fully saturated rings. The molecule has 1 amide bonds. The molecule has 1 unspecified atom stereocenters. The van der Waals surface area contributed by atoms with Gasteiger partial charge in [-0.3, -0.25) is 18.9 Å². The average molecular weight is 634 g/mol. The average Bonchev–Trinajstić information content (AvgIpc) is 3.69. The van der Waals surface area contributed by atoms with Gasteiger partial charge in [-0.05, 0) is 48.4 Å². The summed E-state index contributed by atoms with van der Waals surface area (Å²) in [6.45, 7) is 1.73. The molecule has 1 saturated heterocycles. The van der Waals surface area contributed by atoms with Gasteiger partial charge in [-0.15, -0.1) is 10.2 Å². The van der Waals surface area contributed by atoms with Gasteiger partial charge in [0.1, 0.15) is 11.3 Å². The largest absolute Gasteiger partial charge is 0.505 e. The van der Waals surface area contributed by atoms with Crippen LogP contribution in [-0.4, -0.2) is 50.6 Å². The number of rotatable bonds is 8. The van der Waals surface area contributed by atoms with E-state index in [4.69, 9.17) is 21.1 Å². The Balaban J connectivity index is 1.47. The number of Topliss-reactive ketones (excluding diaryl/α,β-unsaturated/α-hetero) is 1. The lowest BCUT2D eigenvalue weighted by atomic mass is 9.96. The van der Waals surface area contributed by atoms with Gasteiger partial charge in [-0.25, -0.2) is 4.98 Å². The SMILES string of the molecule is COc1ccc(C2/C(=C(\O)c3c(C)nc4ccccn34)C(=O)C(=O)N2c2nnc(SCc3ccccc3Cl)s2)cc1OC. The third-order valence-electron chi connectivity index (χ3n) is 7.01. The summed E-state index contributed by atoms with van der Waals surface area (Å²) in [5.74, 6) is -0.649. The van der Waals surface area contributed by atoms with Crippen molar-refractivity contribution in [2.45, 2.75) is 23.1 Å². The van der Waals surface area contributed by atoms with Gasteiger partial charge in [0.15, 0.2) is 21.6 Å². The first-order valence-electron chi connectivity index (χ1n) is 13.0. The van der Waals surface area contributed by atoms with E-state index in [9.17, 15) is 14.7 Å². The second kappa shape index (κ2) is 11.7. The summed E-state index contributed by atoms with van der Waals surface area (Å²) < 4.78 is 13.2. The van der Waals surface area contributed by atoms with E-state index in [1.54, 1.807) is 47.9 Å². The molecular weight excluding hydrogens is 610 g/mol. The van der Waals surface area contributed by atoms with Crippen molar-refractivity contribution in [1.82, 2.24) is 19.6 Å². The second-order valence-corrected chi connectivity index (χ2v) is 12.1. The molecule has 1 atom stereocenters. The van der Waals surface area contributed by atoms with Crippen LogP contribution in [0.5, 0.6) is 11.5 Å². The topological polar surface area (TPSA) is 119 Å². The number of carbonyl (C=O) groups excluding carboxylic acids is 2. The van der Waals surface area contributed by atoms with Crippen molar-refractivity contribution in [1.29, 1.82) is 0 Å². The van der Waals surface area contributed by atoms with Crippen LogP contribution in [0.2, 0.25) is 5.02 Å². The molecule has 10 nitrogen and oxygen atoms in total. The maximum Gasteiger partial charge on any atom is 0.301 e. The highest BCUT2D eigenvalue weighted by Crippen LogP contribution is 2.46. The quantitative estimate of drug-likeness (QED) is 0.0712. The number of pyridine rings is 1. The number of fused-ring (bicyclic) bond motifs is 1. The zero-order valence-corrected chi connectivity index (χ0v) is 25.5. The van der Waals surface area contributed by atoms with E-state index in [0.717, 1.165) is 5.56 Å². The van der Waals surface area contributed by atoms with Crippen molar-refractivity contribution in [3.8, 4) is 11.5 Å². The van der Waals surface area contributed by atoms with Crippen molar-refractivity contribution >= 4 is 62.9 Å². The van der Waals surface area contributed by atoms with E-state index in [0.29, 0.717) is 49.2 Å². The molecule has 1 N–H and O–H groups in total. The van der Waals surface area contributed by atoms with Gasteiger partial charge in [0, 0.05) is 17.0 Å². The number of hydrogen-bond donors (Lipinski definition) is 1. The van der Waals surface area contributed by atoms with Crippen molar-refractivity contribution in [2.24, 2.45) is 0 Å². The fourth-order valence-electron chi connectivity index (χ4n) is 5.01. The first-order chi connectivity index (χ1) is 20.8. The fourth-order valence-corrected chi connectivity index (χ4v) is 7.16. The minimum absolute atomic E-state index is 0.105. The van der Waals surface area contributed by atoms with Crippen LogP contribution in [0.15, 0.2) is 76.8 Å². The van der Waals surface area contributed by atoms with Crippen molar-refractivity contribution in [3.63, 3.8) is 0 Å². The number of ketones is 1. The van der Waals surface area contributed by atoms with Gasteiger partial charge < -0.3 is 14.6 Å². The monoisotopic (exact) mass is 633 g/mol. The highest BCUT2D eigenvalue weighted by Gasteiger charge is 2.49. The number of amides is 1. The zero-order valence-electron chi connectivity index (χ0n) is 23.1. The van der Waals surface area contributed by atoms with E-state index in [1.807, 2.05) is 30.3 Å². The summed E-state index contributed by atoms with van der Waals surface area (Å²) in [7, 11) is 3.01. The molecule has 0 saturated carbocycles. The van der Waals surface area contributed by atoms with Gasteiger partial charge in [0.2, 0.25) is 5.13 Å². The molecule has 43 heavy (non-hydrogen) atoms. The number of hydrogen-bond acceptors (Lipinski definition) is 10. The van der Waals surface area contributed by atoms with Gasteiger partial charge in [-0.2, -0.15) is 0 Å². The Morgan fingerprint density at radius 2 is 1.81 bits per heavy atom. The summed E-state index contributed by atoms with van der Waals surface area (Å²) in [6.07, 6.45) is 1.74. The lowest BCUT2D eigenvalue weighted by molar-refractivity contribution is -0.132. The first-order valence-corrected chi connectivity index (χ1v) is 15.2. The predicted molar refractivity (Wildman–Crippen MR) is 165 cm³/mol. The Morgan fingerprint density at radius 1 is 1.05 bits per heavy atom. The molecule has 218 valence electrons. The van der Waals surface area contributed by atoms with Gasteiger partial charge in [0.25, 0.3) is 5.78 Å². The Bertz CT molecular complexity index is 1920. The van der Waals surface area contributed by atoms with Crippen LogP contribution in [0.3, 0.4) is 0 Å². The normalized spacial score (nSPS) is 16.3. The van der Waals surface area contributed by atoms with Crippen LogP contribution in [0, 0.1) is 6.92 Å². The Kier molecular flexibility index (Phi) is 7.82. The number of thioether (sulfide) groups is 1. The minimum atomic E-state index is -1.04. The van der Waals surface area contributed by atoms with Gasteiger partial charge >= 0.3 is 5.91 Å². The van der Waals surface area contributed by atoms with Crippen LogP contribution in [-0.2, 0) is 15.3 Å². The predicted octanol–water partition coefficient (Wildman–Crippen LogP) is 6.08. The number of benzene rings is 2. The number of imidazole rings is 1. The molecule has 0 bridgehead atoms. The number of aromatic nitrogens is 4. The van der Waals surface area contributed by atoms with E-state index >= 15 is 0 Å². The zero-order chi connectivity index (χ0) is 30.2. The number of halogens is 1. The van der Waals surface area contributed by atoms with Crippen LogP contribution < -0.4 is 14.4 Å². The summed E-state index contributed by atoms with van der Waals surface area (Å²) in [4.78, 5) is 33.2. The molecule has 1 aliphatic heterocycles. The number of aliphatic hydroxyl groups excluding tert-OH is 1. The number of nitrogens with zero attached hydrogens (tertiary/aromatic N) is 5. The molecule has 4 heterocycles. The van der Waals surface area contributed by atoms with Crippen molar-refractivity contribution < 1.29 is 24.2 Å². The third kappa shape index (κ3) is 5.11. The maximum atomic E-state index is 13.7. The Hall–Kier alpha value is -4.39. The van der Waals surface area contributed by atoms with Crippen molar-refractivity contribution in [3.05, 3.63) is 100.0 Å². The highest BCUT2D eigenvalue weighted by atomic mass is 35.5. The number of carbonyl (C=O) groups is 2. The number of aliphatic hydroxyl groups is 1. The Labute approximate surface area is 259 Å². The smallest absolute Gasteiger partial charge is 0.301 e. The lowest BCUT2D eigenvalue weighted by Crippen LogP contribution is -2.29. The van der Waals surface area contributed by atoms with E-state index < -0.39 is 17.7 Å². The van der Waals surface area contributed by atoms with Crippen LogP contribution in [0.1, 0.15) is 28.6 Å². The van der Waals surface area contributed by atoms with Crippen LogP contribution in [0.4, 0.5) is 5.13 Å². The molecule has 1 aliphatic rings. The molecule has 0 aliphatic carbocycles. The summed E-state index contributed by atoms with van der Waals surface area (Å²) in [5, 5.41) is 21.2. The molecule has 5 aromatic rings. The first kappa shape index (κ1) is 28.7. The molecule has 6 rings (SSSR count). The molecule has 13 heteroatoms. The van der Waals surface area contributed by atoms with Crippen LogP contribution in [0.25, 0.3) is 11.4 Å². The van der Waals surface area contributed by atoms with Gasteiger partial charge in [-0.1, -0.05) is 65.0 Å². The van der Waals surface area contributed by atoms with Gasteiger partial charge in [0.05, 0.1) is 31.5 Å². The minimum Gasteiger partial charge on any atom is -0.505 e. The standard InChI is InChI=1S/C30H24ClN5O5S2/c1-16-24(35-13-7-6-10-22(35)32-16)26(37)23-25(17-11-12-20(40-2)21(14-17)41-3)36(28(39)27(23)38)29-33-34-30(43-29)42-15-18-8-4-5-9-19(18)31/h4-14,25,37H,15H2,1-3H3/b26-23+. The number of aryl methyl sites for hydroxylation is 1. The highest BCUT2D eigenvalue weighted by molar-refractivity contribution is 8.00. The molecular formula is C30H24ClN5O5S2. The van der Waals surface area contributed by atoms with E-state index in [-0.39, 0.29) is 16.5 Å². The molecule has 3 aromatic heterocycles. The van der Waals surface area contributed by atoms with E-state index in [1.165, 1.54) is 42.2 Å². The van der Waals surface area contributed by atoms with E-state index in [2.05, 4.69) is 15.2 Å². The molecule has 2 aromatic carbocycles. The summed E-state index contributed by atoms with van der Waals surface area (Å²) in [5.41, 5.74) is 2.72. The number of methoxy groups -OCH3 is 2. The molecule has 0 spiro atoms. The van der Waals surface area contributed by atoms with Crippen LogP contribution >= 0.6 is 34.7 Å². The second-order valence-electron chi connectivity index (χ2n) is 9.49. The lowest BCUT2D eigenvalue weighted by Gasteiger charge is -2.23. The summed E-state index contributed by atoms with van der Waals surface area (Å²) in [6, 6.07) is 16.9. The fraction of sp³-hybridized carbons (Fsp3) is 0.167. The van der Waals surface area contributed by atoms with Crippen molar-refractivity contribution in [2.75, 3.05) is 19.1 Å².